The first-order valence-corrected chi connectivity index (χ1v) is 7.93. The van der Waals surface area contributed by atoms with Crippen LogP contribution in [-0.4, -0.2) is 17.4 Å². The normalized spacial score (nSPS) is 38.3. The Hall–Kier alpha value is -0.830. The van der Waals surface area contributed by atoms with Gasteiger partial charge in [0, 0.05) is 23.3 Å². The van der Waals surface area contributed by atoms with Crippen LogP contribution in [0.3, 0.4) is 0 Å². The van der Waals surface area contributed by atoms with Crippen LogP contribution in [0.2, 0.25) is 0 Å². The van der Waals surface area contributed by atoms with Gasteiger partial charge in [0.05, 0.1) is 5.54 Å². The summed E-state index contributed by atoms with van der Waals surface area (Å²) in [5.74, 6) is 0.401. The fourth-order valence-electron chi connectivity index (χ4n) is 4.70. The van der Waals surface area contributed by atoms with Crippen LogP contribution < -0.4 is 0 Å². The van der Waals surface area contributed by atoms with Crippen LogP contribution in [0, 0.1) is 5.41 Å². The Balaban J connectivity index is 1.98. The number of hydrogen-bond donors (Lipinski definition) is 0. The average molecular weight is 261 g/mol. The molecule has 1 aromatic rings. The summed E-state index contributed by atoms with van der Waals surface area (Å²) in [5.41, 5.74) is 1.76. The van der Waals surface area contributed by atoms with Gasteiger partial charge in [-0.3, -0.25) is 4.79 Å². The van der Waals surface area contributed by atoms with Crippen molar-refractivity contribution in [2.24, 2.45) is 5.41 Å². The Kier molecular flexibility index (Phi) is 2.07. The molecule has 0 unspecified atom stereocenters. The largest absolute Gasteiger partial charge is 0.331 e. The zero-order valence-corrected chi connectivity index (χ0v) is 11.7. The van der Waals surface area contributed by atoms with Gasteiger partial charge in [-0.1, -0.05) is 19.8 Å². The van der Waals surface area contributed by atoms with E-state index in [1.807, 2.05) is 11.3 Å². The van der Waals surface area contributed by atoms with Crippen molar-refractivity contribution >= 4 is 17.2 Å². The van der Waals surface area contributed by atoms with E-state index < -0.39 is 0 Å². The SMILES string of the molecule is C[C@@]12CCCC[C@]13c1sccc1CCN3C(=O)C2. The molecule has 3 heteroatoms. The standard InChI is InChI=1S/C15H19NOS/c1-14-6-2-3-7-15(14)13-11(5-9-18-13)4-8-16(15)12(17)10-14/h5,9H,2-4,6-8,10H2,1H3/t14-,15-/m0/s1. The number of carbonyl (C=O) groups is 1. The molecule has 1 amide bonds. The second-order valence-electron chi connectivity index (χ2n) is 6.38. The highest BCUT2D eigenvalue weighted by atomic mass is 32.1. The van der Waals surface area contributed by atoms with E-state index in [4.69, 9.17) is 0 Å². The Bertz CT molecular complexity index is 522. The Morgan fingerprint density at radius 3 is 3.06 bits per heavy atom. The highest BCUT2D eigenvalue weighted by molar-refractivity contribution is 7.10. The van der Waals surface area contributed by atoms with Crippen molar-refractivity contribution in [3.63, 3.8) is 0 Å². The number of nitrogens with zero attached hydrogens (tertiary/aromatic N) is 1. The second-order valence-corrected chi connectivity index (χ2v) is 7.29. The van der Waals surface area contributed by atoms with E-state index in [0.717, 1.165) is 19.4 Å². The molecule has 1 aliphatic carbocycles. The van der Waals surface area contributed by atoms with E-state index in [1.165, 1.54) is 36.1 Å². The maximum Gasteiger partial charge on any atom is 0.224 e. The predicted octanol–water partition coefficient (Wildman–Crippen LogP) is 3.31. The summed E-state index contributed by atoms with van der Waals surface area (Å²) in [6.45, 7) is 3.30. The first-order valence-electron chi connectivity index (χ1n) is 7.05. The minimum Gasteiger partial charge on any atom is -0.331 e. The summed E-state index contributed by atoms with van der Waals surface area (Å²) < 4.78 is 0. The molecule has 1 aromatic heterocycles. The van der Waals surface area contributed by atoms with Gasteiger partial charge in [0.15, 0.2) is 0 Å². The lowest BCUT2D eigenvalue weighted by atomic mass is 9.60. The predicted molar refractivity (Wildman–Crippen MR) is 72.6 cm³/mol. The molecular weight excluding hydrogens is 242 g/mol. The van der Waals surface area contributed by atoms with Crippen LogP contribution in [0.5, 0.6) is 0 Å². The highest BCUT2D eigenvalue weighted by Crippen LogP contribution is 2.63. The second kappa shape index (κ2) is 3.38. The molecule has 0 N–H and O–H groups in total. The van der Waals surface area contributed by atoms with Crippen LogP contribution in [0.1, 0.15) is 49.5 Å². The van der Waals surface area contributed by atoms with Gasteiger partial charge >= 0.3 is 0 Å². The molecule has 0 aromatic carbocycles. The third-order valence-corrected chi connectivity index (χ3v) is 6.65. The Morgan fingerprint density at radius 1 is 1.33 bits per heavy atom. The first kappa shape index (κ1) is 11.0. The third kappa shape index (κ3) is 1.08. The topological polar surface area (TPSA) is 20.3 Å². The van der Waals surface area contributed by atoms with Gasteiger partial charge in [-0.2, -0.15) is 0 Å². The molecule has 1 spiro atoms. The van der Waals surface area contributed by atoms with E-state index in [2.05, 4.69) is 23.3 Å². The molecule has 1 saturated carbocycles. The number of thiophene rings is 1. The first-order chi connectivity index (χ1) is 8.67. The smallest absolute Gasteiger partial charge is 0.224 e. The van der Waals surface area contributed by atoms with Gasteiger partial charge in [0.1, 0.15) is 0 Å². The zero-order valence-electron chi connectivity index (χ0n) is 10.9. The summed E-state index contributed by atoms with van der Waals surface area (Å²) in [6, 6.07) is 2.28. The van der Waals surface area contributed by atoms with E-state index in [-0.39, 0.29) is 11.0 Å². The summed E-state index contributed by atoms with van der Waals surface area (Å²) >= 11 is 1.88. The van der Waals surface area contributed by atoms with Gasteiger partial charge in [-0.25, -0.2) is 0 Å². The number of rotatable bonds is 0. The Labute approximate surface area is 112 Å². The lowest BCUT2D eigenvalue weighted by molar-refractivity contribution is -0.133. The van der Waals surface area contributed by atoms with Crippen LogP contribution >= 0.6 is 11.3 Å². The van der Waals surface area contributed by atoms with Crippen molar-refractivity contribution in [1.82, 2.24) is 4.90 Å². The Morgan fingerprint density at radius 2 is 2.17 bits per heavy atom. The fourth-order valence-corrected chi connectivity index (χ4v) is 6.04. The van der Waals surface area contributed by atoms with Crippen LogP contribution in [0.25, 0.3) is 0 Å². The highest BCUT2D eigenvalue weighted by Gasteiger charge is 2.63. The van der Waals surface area contributed by atoms with E-state index in [9.17, 15) is 4.79 Å². The van der Waals surface area contributed by atoms with Gasteiger partial charge in [0.2, 0.25) is 5.91 Å². The molecule has 2 fully saturated rings. The quantitative estimate of drug-likeness (QED) is 0.701. The van der Waals surface area contributed by atoms with Crippen LogP contribution in [0.15, 0.2) is 11.4 Å². The maximum atomic E-state index is 12.4. The molecule has 2 nitrogen and oxygen atoms in total. The molecule has 4 rings (SSSR count). The van der Waals surface area contributed by atoms with E-state index >= 15 is 0 Å². The van der Waals surface area contributed by atoms with E-state index in [1.54, 1.807) is 0 Å². The molecule has 3 heterocycles. The lowest BCUT2D eigenvalue weighted by Crippen LogP contribution is -2.55. The van der Waals surface area contributed by atoms with Gasteiger partial charge in [-0.05, 0) is 36.3 Å². The number of fused-ring (bicyclic) bond motifs is 1. The molecular formula is C15H19NOS. The molecule has 2 aliphatic heterocycles. The average Bonchev–Trinajstić information content (AvgIpc) is 2.89. The molecule has 96 valence electrons. The molecule has 0 bridgehead atoms. The summed E-state index contributed by atoms with van der Waals surface area (Å²) in [5, 5.41) is 2.22. The minimum absolute atomic E-state index is 0.0596. The monoisotopic (exact) mass is 261 g/mol. The van der Waals surface area contributed by atoms with Crippen molar-refractivity contribution in [3.8, 4) is 0 Å². The lowest BCUT2D eigenvalue weighted by Gasteiger charge is -2.53. The van der Waals surface area contributed by atoms with Gasteiger partial charge in [0.25, 0.3) is 0 Å². The molecule has 0 radical (unpaired) electrons. The van der Waals surface area contributed by atoms with Crippen molar-refractivity contribution in [3.05, 3.63) is 21.9 Å². The maximum absolute atomic E-state index is 12.4. The minimum atomic E-state index is 0.0596. The molecule has 2 atom stereocenters. The summed E-state index contributed by atoms with van der Waals surface area (Å²) in [6.07, 6.45) is 6.79. The molecule has 3 aliphatic rings. The molecule has 18 heavy (non-hydrogen) atoms. The fraction of sp³-hybridized carbons (Fsp3) is 0.667. The zero-order chi connectivity index (χ0) is 12.4. The van der Waals surface area contributed by atoms with Crippen molar-refractivity contribution in [2.75, 3.05) is 6.54 Å². The number of amides is 1. The van der Waals surface area contributed by atoms with Crippen molar-refractivity contribution < 1.29 is 4.79 Å². The van der Waals surface area contributed by atoms with Crippen molar-refractivity contribution in [1.29, 1.82) is 0 Å². The summed E-state index contributed by atoms with van der Waals surface area (Å²) in [4.78, 5) is 16.2. The number of hydrogen-bond acceptors (Lipinski definition) is 2. The summed E-state index contributed by atoms with van der Waals surface area (Å²) in [7, 11) is 0. The van der Waals surface area contributed by atoms with Crippen LogP contribution in [0.4, 0.5) is 0 Å². The van der Waals surface area contributed by atoms with Gasteiger partial charge < -0.3 is 4.90 Å². The third-order valence-electron chi connectivity index (χ3n) is 5.55. The molecule has 1 saturated heterocycles. The number of carbonyl (C=O) groups excluding carboxylic acids is 1. The van der Waals surface area contributed by atoms with Gasteiger partial charge in [-0.15, -0.1) is 11.3 Å². The van der Waals surface area contributed by atoms with Crippen LogP contribution in [-0.2, 0) is 16.8 Å². The van der Waals surface area contributed by atoms with E-state index in [0.29, 0.717) is 5.91 Å². The van der Waals surface area contributed by atoms with Crippen molar-refractivity contribution in [2.45, 2.75) is 51.0 Å².